The van der Waals surface area contributed by atoms with E-state index in [1.807, 2.05) is 110 Å². The van der Waals surface area contributed by atoms with Gasteiger partial charge in [-0.25, -0.2) is 22.5 Å². The van der Waals surface area contributed by atoms with E-state index in [0.717, 1.165) is 48.6 Å². The van der Waals surface area contributed by atoms with Gasteiger partial charge < -0.3 is 38.4 Å². The number of carboxylic acid groups (broad SMARTS) is 1. The molecule has 0 aliphatic carbocycles. The van der Waals surface area contributed by atoms with Crippen LogP contribution in [0.2, 0.25) is 0 Å². The van der Waals surface area contributed by atoms with Crippen LogP contribution in [-0.4, -0.2) is 70.5 Å². The first kappa shape index (κ1) is 69.6. The third-order valence-corrected chi connectivity index (χ3v) is 11.3. The SMILES string of the molecule is C.C.CCCC(=O)NN.CCCc1nnc(-c2cc(OCCc3ccccc3)ccc2B(O)O)o1.O=C(O)c1cc(OCCc2ccccc2)ccc1Br.O=Cc1cc(OCCc2ccccc2)ccc1Br.[Na+].[O-]Cl. The van der Waals surface area contributed by atoms with E-state index in [1.165, 1.54) is 22.8 Å². The maximum atomic E-state index is 11.0. The zero-order valence-electron chi connectivity index (χ0n) is 40.8. The van der Waals surface area contributed by atoms with Gasteiger partial charge in [-0.05, 0) is 99.5 Å². The molecule has 1 aromatic heterocycles. The van der Waals surface area contributed by atoms with Crippen molar-refractivity contribution in [1.29, 1.82) is 0 Å². The molecule has 6 aromatic carbocycles. The molecule has 15 nitrogen and oxygen atoms in total. The van der Waals surface area contributed by atoms with Gasteiger partial charge in [0.25, 0.3) is 0 Å². The molecule has 0 aliphatic rings. The molecule has 7 aromatic rings. The van der Waals surface area contributed by atoms with Crippen LogP contribution in [0.3, 0.4) is 0 Å². The molecule has 75 heavy (non-hydrogen) atoms. The molecule has 1 heterocycles. The molecule has 0 bridgehead atoms. The molecule has 1 amide bonds. The summed E-state index contributed by atoms with van der Waals surface area (Å²) in [5.41, 5.74) is 7.22. The first-order chi connectivity index (χ1) is 34.9. The Balaban J connectivity index is 0.00000101. The van der Waals surface area contributed by atoms with Crippen molar-refractivity contribution < 1.29 is 82.4 Å². The van der Waals surface area contributed by atoms with Crippen molar-refractivity contribution in [3.05, 3.63) is 188 Å². The third-order valence-electron chi connectivity index (χ3n) is 9.87. The number of nitrogens with two attached hydrogens (primary N) is 1. The Morgan fingerprint density at radius 3 is 1.55 bits per heavy atom. The molecule has 20 heteroatoms. The predicted molar refractivity (Wildman–Crippen MR) is 298 cm³/mol. The molecule has 0 saturated carbocycles. The number of aryl methyl sites for hydroxylation is 1. The Bertz CT molecular complexity index is 2660. The summed E-state index contributed by atoms with van der Waals surface area (Å²) in [6.07, 6.45) is 6.18. The molecule has 6 N–H and O–H groups in total. The minimum absolute atomic E-state index is 0. The van der Waals surface area contributed by atoms with E-state index in [9.17, 15) is 24.4 Å². The standard InChI is InChI=1S/C19H21BN2O4.C15H13BrO3.C15H13BrO2.C4H10N2O.2CH4.ClO.Na/c1-2-6-18-21-22-19(26-18)16-13-15(9-10-17(16)20(23)24)25-12-11-14-7-4-3-5-8-14;16-14-7-6-12(10-13(14)15(17)18)19-9-8-11-4-2-1-3-5-11;16-15-7-6-14(10-13(15)11-17)18-9-8-12-4-2-1-3-5-12;1-2-3-4(7)6-5;;;1-2;/h3-5,7-10,13,23-24H,2,6,11-12H2,1H3;1-7,10H,8-9H2,(H,17,18);1-7,10-11H,8-9H2;2-3,5H2,1H3,(H,6,7);2*1H4;;/q;;;;;;-1;+1. The van der Waals surface area contributed by atoms with Gasteiger partial charge in [0.05, 0.1) is 25.4 Å². The number of nitrogens with one attached hydrogen (secondary N) is 1. The van der Waals surface area contributed by atoms with Crippen LogP contribution in [0.25, 0.3) is 11.5 Å². The van der Waals surface area contributed by atoms with Crippen LogP contribution in [0.1, 0.15) is 91.3 Å². The van der Waals surface area contributed by atoms with E-state index in [-0.39, 0.29) is 61.8 Å². The van der Waals surface area contributed by atoms with Gasteiger partial charge in [0.2, 0.25) is 17.7 Å². The van der Waals surface area contributed by atoms with Crippen molar-refractivity contribution in [3.8, 4) is 28.7 Å². The Labute approximate surface area is 485 Å². The molecule has 0 fully saturated rings. The maximum Gasteiger partial charge on any atom is 1.00 e. The van der Waals surface area contributed by atoms with Crippen LogP contribution in [-0.2, 0) is 30.5 Å². The monoisotopic (exact) mass is 1180 g/mol. The molecule has 396 valence electrons. The zero-order valence-corrected chi connectivity index (χ0v) is 46.7. The van der Waals surface area contributed by atoms with Crippen LogP contribution < -0.4 is 65.2 Å². The van der Waals surface area contributed by atoms with Crippen molar-refractivity contribution in [2.45, 2.75) is 73.6 Å². The zero-order chi connectivity index (χ0) is 52.5. The first-order valence-electron chi connectivity index (χ1n) is 22.7. The Kier molecular flexibility index (Phi) is 37.9. The second kappa shape index (κ2) is 40.9. The fourth-order valence-corrected chi connectivity index (χ4v) is 7.02. The van der Waals surface area contributed by atoms with E-state index >= 15 is 0 Å². The van der Waals surface area contributed by atoms with Gasteiger partial charge >= 0.3 is 42.6 Å². The number of amides is 1. The average molecular weight is 1190 g/mol. The van der Waals surface area contributed by atoms with Crippen LogP contribution in [0, 0.1) is 0 Å². The van der Waals surface area contributed by atoms with E-state index in [4.69, 9.17) is 34.2 Å². The van der Waals surface area contributed by atoms with Crippen LogP contribution in [0.15, 0.2) is 159 Å². The van der Waals surface area contributed by atoms with Crippen molar-refractivity contribution in [1.82, 2.24) is 15.6 Å². The first-order valence-corrected chi connectivity index (χ1v) is 24.6. The smallest absolute Gasteiger partial charge is 0.769 e. The number of aromatic nitrogens is 2. The molecular formula is C55H65BBr2ClN4NaO11. The fourth-order valence-electron chi connectivity index (χ4n) is 6.27. The topological polar surface area (TPSA) is 240 Å². The number of halogens is 3. The number of carbonyl (C=O) groups is 3. The van der Waals surface area contributed by atoms with Crippen molar-refractivity contribution >= 4 is 74.5 Å². The van der Waals surface area contributed by atoms with Gasteiger partial charge in [-0.1, -0.05) is 142 Å². The van der Waals surface area contributed by atoms with Gasteiger partial charge in [-0.2, -0.15) is 0 Å². The Morgan fingerprint density at radius 2 is 1.13 bits per heavy atom. The molecule has 0 atom stereocenters. The number of ether oxygens (including phenoxy) is 3. The molecular weight excluding hydrogens is 1120 g/mol. The number of carboxylic acids is 1. The number of hydrogen-bond donors (Lipinski definition) is 5. The van der Waals surface area contributed by atoms with Gasteiger partial charge in [0.15, 0.2) is 6.29 Å². The number of carbonyl (C=O) groups excluding carboxylic acids is 2. The van der Waals surface area contributed by atoms with E-state index in [2.05, 4.69) is 66.1 Å². The minimum Gasteiger partial charge on any atom is -0.769 e. The summed E-state index contributed by atoms with van der Waals surface area (Å²) < 4.78 is 31.7. The molecule has 0 unspecified atom stereocenters. The number of aldehydes is 1. The normalized spacial score (nSPS) is 9.56. The van der Waals surface area contributed by atoms with E-state index in [1.54, 1.807) is 36.4 Å². The average Bonchev–Trinajstić information content (AvgIpc) is 3.88. The van der Waals surface area contributed by atoms with Crippen LogP contribution in [0.5, 0.6) is 17.2 Å². The summed E-state index contributed by atoms with van der Waals surface area (Å²) in [6.45, 7) is 5.58. The van der Waals surface area contributed by atoms with Crippen LogP contribution >= 0.6 is 43.7 Å². The summed E-state index contributed by atoms with van der Waals surface area (Å²) in [5.74, 6) is 6.36. The van der Waals surface area contributed by atoms with E-state index in [0.29, 0.717) is 71.1 Å². The largest absolute Gasteiger partial charge is 1.00 e. The number of hydrazine groups is 1. The summed E-state index contributed by atoms with van der Waals surface area (Å²) in [4.78, 5) is 31.9. The van der Waals surface area contributed by atoms with Crippen molar-refractivity contribution in [2.75, 3.05) is 19.8 Å². The van der Waals surface area contributed by atoms with Gasteiger partial charge in [-0.3, -0.25) is 15.0 Å². The Morgan fingerprint density at radius 1 is 0.680 bits per heavy atom. The molecule has 0 saturated heterocycles. The van der Waals surface area contributed by atoms with E-state index < -0.39 is 13.1 Å². The summed E-state index contributed by atoms with van der Waals surface area (Å²) in [7, 11) is -1.63. The summed E-state index contributed by atoms with van der Waals surface area (Å²) in [5, 5.41) is 36.3. The molecule has 0 spiro atoms. The number of nitrogens with zero attached hydrogens (tertiary/aromatic N) is 2. The molecule has 0 radical (unpaired) electrons. The summed E-state index contributed by atoms with van der Waals surface area (Å²) in [6, 6.07) is 45.6. The van der Waals surface area contributed by atoms with Crippen molar-refractivity contribution in [2.24, 2.45) is 5.84 Å². The van der Waals surface area contributed by atoms with Crippen molar-refractivity contribution in [3.63, 3.8) is 0 Å². The number of hydrogen-bond acceptors (Lipinski definition) is 13. The van der Waals surface area contributed by atoms with Gasteiger partial charge in [0.1, 0.15) is 17.2 Å². The quantitative estimate of drug-likeness (QED) is 0.0167. The molecule has 0 aliphatic heterocycles. The second-order valence-electron chi connectivity index (χ2n) is 15.2. The maximum absolute atomic E-state index is 11.0. The second-order valence-corrected chi connectivity index (χ2v) is 16.9. The predicted octanol–water partition coefficient (Wildman–Crippen LogP) is 7.20. The minimum atomic E-state index is -1.63. The number of benzene rings is 6. The number of aromatic carboxylic acids is 1. The van der Waals surface area contributed by atoms with Gasteiger partial charge in [-0.15, -0.1) is 10.2 Å². The number of rotatable bonds is 20. The Hall–Kier alpha value is -5.38. The van der Waals surface area contributed by atoms with Gasteiger partial charge in [0, 0.05) is 52.2 Å². The third kappa shape index (κ3) is 26.8. The van der Waals surface area contributed by atoms with Crippen LogP contribution in [0.4, 0.5) is 0 Å². The fraction of sp³-hybridized carbons (Fsp3) is 0.255. The summed E-state index contributed by atoms with van der Waals surface area (Å²) >= 11 is 9.90. The molecule has 7 rings (SSSR count).